The molecule has 2 aliphatic carbocycles. The van der Waals surface area contributed by atoms with Gasteiger partial charge in [-0.1, -0.05) is 19.3 Å². The highest BCUT2D eigenvalue weighted by atomic mass is 16.5. The van der Waals surface area contributed by atoms with E-state index in [9.17, 15) is 4.79 Å². The fraction of sp³-hybridized carbons (Fsp3) is 0.909. The molecule has 0 aliphatic heterocycles. The quantitative estimate of drug-likeness (QED) is 0.582. The zero-order chi connectivity index (χ0) is 9.26. The first-order chi connectivity index (χ1) is 6.25. The molecule has 0 amide bonds. The molecule has 2 rings (SSSR count). The van der Waals surface area contributed by atoms with E-state index in [1.54, 1.807) is 0 Å². The average molecular weight is 182 g/mol. The van der Waals surface area contributed by atoms with Crippen molar-refractivity contribution in [2.24, 2.45) is 11.8 Å². The predicted molar refractivity (Wildman–Crippen MR) is 50.2 cm³/mol. The summed E-state index contributed by atoms with van der Waals surface area (Å²) in [7, 11) is 0. The van der Waals surface area contributed by atoms with Crippen LogP contribution in [0.15, 0.2) is 0 Å². The first-order valence-electron chi connectivity index (χ1n) is 5.43. The van der Waals surface area contributed by atoms with Crippen molar-refractivity contribution in [3.63, 3.8) is 0 Å². The lowest BCUT2D eigenvalue weighted by Gasteiger charge is -2.31. The Morgan fingerprint density at radius 1 is 1.15 bits per heavy atom. The van der Waals surface area contributed by atoms with Crippen molar-refractivity contribution >= 4 is 5.97 Å². The molecule has 2 fully saturated rings. The van der Waals surface area contributed by atoms with Gasteiger partial charge in [-0.3, -0.25) is 4.79 Å². The van der Waals surface area contributed by atoms with E-state index in [4.69, 9.17) is 4.74 Å². The monoisotopic (exact) mass is 182 g/mol. The van der Waals surface area contributed by atoms with Gasteiger partial charge in [0, 0.05) is 6.92 Å². The minimum Gasteiger partial charge on any atom is -0.463 e. The standard InChI is InChI=1S/C11H18O2/c1-8(12)13-11-6-5-9-3-2-4-10(9)7-11/h9-11H,2-7H2,1H3/t9-,10-,11-/m1/s1. The lowest BCUT2D eigenvalue weighted by atomic mass is 9.80. The van der Waals surface area contributed by atoms with Crippen LogP contribution >= 0.6 is 0 Å². The SMILES string of the molecule is CC(=O)O[C@@H]1CC[C@H]2CCC[C@@H]2C1. The molecule has 0 N–H and O–H groups in total. The molecule has 2 aliphatic rings. The molecule has 0 aromatic rings. The Balaban J connectivity index is 1.86. The van der Waals surface area contributed by atoms with Crippen molar-refractivity contribution in [3.05, 3.63) is 0 Å². The molecule has 0 unspecified atom stereocenters. The molecule has 0 spiro atoms. The van der Waals surface area contributed by atoms with Crippen LogP contribution in [0.2, 0.25) is 0 Å². The zero-order valence-electron chi connectivity index (χ0n) is 8.29. The van der Waals surface area contributed by atoms with Gasteiger partial charge in [-0.15, -0.1) is 0 Å². The number of hydrogen-bond donors (Lipinski definition) is 0. The van der Waals surface area contributed by atoms with Gasteiger partial charge in [0.25, 0.3) is 0 Å². The van der Waals surface area contributed by atoms with E-state index in [0.29, 0.717) is 0 Å². The van der Waals surface area contributed by atoms with Crippen LogP contribution in [0.25, 0.3) is 0 Å². The molecule has 0 bridgehead atoms. The maximum Gasteiger partial charge on any atom is 0.302 e. The fourth-order valence-electron chi connectivity index (χ4n) is 3.00. The molecule has 0 aromatic heterocycles. The lowest BCUT2D eigenvalue weighted by Crippen LogP contribution is -2.27. The number of esters is 1. The Bertz CT molecular complexity index is 200. The Labute approximate surface area is 79.7 Å². The molecule has 0 aromatic carbocycles. The summed E-state index contributed by atoms with van der Waals surface area (Å²) in [6.07, 6.45) is 7.91. The largest absolute Gasteiger partial charge is 0.463 e. The van der Waals surface area contributed by atoms with Crippen molar-refractivity contribution in [1.82, 2.24) is 0 Å². The van der Waals surface area contributed by atoms with Crippen LogP contribution in [0.3, 0.4) is 0 Å². The highest BCUT2D eigenvalue weighted by Gasteiger charge is 2.34. The van der Waals surface area contributed by atoms with E-state index in [-0.39, 0.29) is 12.1 Å². The van der Waals surface area contributed by atoms with Crippen LogP contribution in [0.5, 0.6) is 0 Å². The Morgan fingerprint density at radius 2 is 1.92 bits per heavy atom. The molecular formula is C11H18O2. The second kappa shape index (κ2) is 3.69. The van der Waals surface area contributed by atoms with Crippen molar-refractivity contribution in [1.29, 1.82) is 0 Å². The summed E-state index contributed by atoms with van der Waals surface area (Å²) in [6, 6.07) is 0. The molecule has 0 heterocycles. The van der Waals surface area contributed by atoms with Crippen molar-refractivity contribution < 1.29 is 9.53 Å². The van der Waals surface area contributed by atoms with Crippen LogP contribution in [-0.2, 0) is 9.53 Å². The first kappa shape index (κ1) is 9.04. The van der Waals surface area contributed by atoms with E-state index in [0.717, 1.165) is 24.7 Å². The van der Waals surface area contributed by atoms with Gasteiger partial charge < -0.3 is 4.74 Å². The van der Waals surface area contributed by atoms with Crippen molar-refractivity contribution in [2.45, 2.75) is 51.6 Å². The van der Waals surface area contributed by atoms with Gasteiger partial charge in [0.2, 0.25) is 0 Å². The van der Waals surface area contributed by atoms with Gasteiger partial charge >= 0.3 is 5.97 Å². The van der Waals surface area contributed by atoms with Gasteiger partial charge in [-0.2, -0.15) is 0 Å². The zero-order valence-corrected chi connectivity index (χ0v) is 8.29. The van der Waals surface area contributed by atoms with Gasteiger partial charge in [0.05, 0.1) is 0 Å². The van der Waals surface area contributed by atoms with E-state index in [2.05, 4.69) is 0 Å². The van der Waals surface area contributed by atoms with Crippen LogP contribution in [0.4, 0.5) is 0 Å². The summed E-state index contributed by atoms with van der Waals surface area (Å²) < 4.78 is 5.26. The first-order valence-corrected chi connectivity index (χ1v) is 5.43. The van der Waals surface area contributed by atoms with Gasteiger partial charge in [0.1, 0.15) is 6.10 Å². The second-order valence-corrected chi connectivity index (χ2v) is 4.50. The summed E-state index contributed by atoms with van der Waals surface area (Å²) in [5.41, 5.74) is 0. The predicted octanol–water partition coefficient (Wildman–Crippen LogP) is 2.52. The minimum absolute atomic E-state index is 0.110. The number of hydrogen-bond acceptors (Lipinski definition) is 2. The van der Waals surface area contributed by atoms with E-state index >= 15 is 0 Å². The smallest absolute Gasteiger partial charge is 0.302 e. The average Bonchev–Trinajstić information content (AvgIpc) is 2.49. The number of fused-ring (bicyclic) bond motifs is 1. The molecule has 74 valence electrons. The highest BCUT2D eigenvalue weighted by molar-refractivity contribution is 5.66. The molecule has 2 saturated carbocycles. The topological polar surface area (TPSA) is 26.3 Å². The third-order valence-corrected chi connectivity index (χ3v) is 3.57. The summed E-state index contributed by atoms with van der Waals surface area (Å²) in [4.78, 5) is 10.8. The van der Waals surface area contributed by atoms with Gasteiger partial charge in [-0.25, -0.2) is 0 Å². The molecule has 3 atom stereocenters. The maximum absolute atomic E-state index is 10.8. The molecule has 0 radical (unpaired) electrons. The third-order valence-electron chi connectivity index (χ3n) is 3.57. The van der Waals surface area contributed by atoms with E-state index in [1.807, 2.05) is 0 Å². The van der Waals surface area contributed by atoms with Gasteiger partial charge in [0.15, 0.2) is 0 Å². The van der Waals surface area contributed by atoms with Crippen molar-refractivity contribution in [2.75, 3.05) is 0 Å². The lowest BCUT2D eigenvalue weighted by molar-refractivity contribution is -0.149. The van der Waals surface area contributed by atoms with Gasteiger partial charge in [-0.05, 0) is 31.1 Å². The summed E-state index contributed by atoms with van der Waals surface area (Å²) in [5, 5.41) is 0. The molecular weight excluding hydrogens is 164 g/mol. The third kappa shape index (κ3) is 2.04. The second-order valence-electron chi connectivity index (χ2n) is 4.50. The summed E-state index contributed by atoms with van der Waals surface area (Å²) in [6.45, 7) is 1.51. The van der Waals surface area contributed by atoms with Crippen LogP contribution in [-0.4, -0.2) is 12.1 Å². The Hall–Kier alpha value is -0.530. The Morgan fingerprint density at radius 3 is 2.69 bits per heavy atom. The summed E-state index contributed by atoms with van der Waals surface area (Å²) >= 11 is 0. The number of rotatable bonds is 1. The van der Waals surface area contributed by atoms with Crippen LogP contribution in [0, 0.1) is 11.8 Å². The van der Waals surface area contributed by atoms with Crippen molar-refractivity contribution in [3.8, 4) is 0 Å². The molecule has 2 nitrogen and oxygen atoms in total. The number of carbonyl (C=O) groups is 1. The van der Waals surface area contributed by atoms with Crippen LogP contribution < -0.4 is 0 Å². The molecule has 0 saturated heterocycles. The van der Waals surface area contributed by atoms with E-state index in [1.165, 1.54) is 32.6 Å². The fourth-order valence-corrected chi connectivity index (χ4v) is 3.00. The summed E-state index contributed by atoms with van der Waals surface area (Å²) in [5.74, 6) is 1.70. The van der Waals surface area contributed by atoms with Crippen LogP contribution in [0.1, 0.15) is 45.4 Å². The van der Waals surface area contributed by atoms with E-state index < -0.39 is 0 Å². The Kier molecular flexibility index (Phi) is 2.56. The highest BCUT2D eigenvalue weighted by Crippen LogP contribution is 2.42. The number of carbonyl (C=O) groups excluding carboxylic acids is 1. The maximum atomic E-state index is 10.8. The molecule has 2 heteroatoms. The molecule has 13 heavy (non-hydrogen) atoms. The number of ether oxygens (including phenoxy) is 1. The minimum atomic E-state index is -0.110. The normalized spacial score (nSPS) is 38.4.